The maximum Gasteiger partial charge on any atom is 0.222 e. The molecule has 3 rings (SSSR count). The van der Waals surface area contributed by atoms with Gasteiger partial charge < -0.3 is 15.0 Å². The summed E-state index contributed by atoms with van der Waals surface area (Å²) in [5.41, 5.74) is 0.681. The van der Waals surface area contributed by atoms with Crippen LogP contribution in [-0.4, -0.2) is 49.4 Å². The summed E-state index contributed by atoms with van der Waals surface area (Å²) in [6.07, 6.45) is 6.33. The Morgan fingerprint density at radius 2 is 1.74 bits per heavy atom. The van der Waals surface area contributed by atoms with Gasteiger partial charge in [0.15, 0.2) is 5.78 Å². The number of hydrogen-bond donors (Lipinski definition) is 1. The number of ketones is 1. The van der Waals surface area contributed by atoms with E-state index < -0.39 is 0 Å². The largest absolute Gasteiger partial charge is 0.497 e. The van der Waals surface area contributed by atoms with Gasteiger partial charge in [-0.25, -0.2) is 0 Å². The van der Waals surface area contributed by atoms with Crippen LogP contribution < -0.4 is 10.1 Å². The second-order valence-corrected chi connectivity index (χ2v) is 7.51. The maximum absolute atomic E-state index is 12.4. The lowest BCUT2D eigenvalue weighted by Crippen LogP contribution is -2.45. The van der Waals surface area contributed by atoms with Gasteiger partial charge in [-0.1, -0.05) is 0 Å². The standard InChI is InChI=1S/C21H30N2O3.ClH/c1-26-19-9-7-17(8-10-19)20(24)3-2-4-21(25)23-13-11-18(12-14-23)22-15-16-5-6-16;/h7-10,16,18,22H,2-6,11-15H2,1H3;1H. The van der Waals surface area contributed by atoms with Crippen molar-refractivity contribution in [1.82, 2.24) is 10.2 Å². The first-order valence-corrected chi connectivity index (χ1v) is 9.84. The molecule has 0 unspecified atom stereocenters. The van der Waals surface area contributed by atoms with Crippen molar-refractivity contribution in [2.75, 3.05) is 26.7 Å². The number of halogens is 1. The highest BCUT2D eigenvalue weighted by Crippen LogP contribution is 2.28. The van der Waals surface area contributed by atoms with E-state index >= 15 is 0 Å². The van der Waals surface area contributed by atoms with E-state index in [9.17, 15) is 9.59 Å². The van der Waals surface area contributed by atoms with Crippen molar-refractivity contribution < 1.29 is 14.3 Å². The number of nitrogens with zero attached hydrogens (tertiary/aromatic N) is 1. The first-order valence-electron chi connectivity index (χ1n) is 9.84. The molecule has 0 atom stereocenters. The van der Waals surface area contributed by atoms with Gasteiger partial charge in [-0.15, -0.1) is 12.4 Å². The maximum atomic E-state index is 12.4. The third-order valence-corrected chi connectivity index (χ3v) is 5.45. The number of ether oxygens (including phenoxy) is 1. The zero-order valence-electron chi connectivity index (χ0n) is 16.1. The number of methoxy groups -OCH3 is 1. The molecule has 27 heavy (non-hydrogen) atoms. The highest BCUT2D eigenvalue weighted by Gasteiger charge is 2.25. The van der Waals surface area contributed by atoms with Crippen molar-refractivity contribution in [2.45, 2.75) is 51.0 Å². The van der Waals surface area contributed by atoms with Crippen LogP contribution in [-0.2, 0) is 4.79 Å². The number of rotatable bonds is 9. The van der Waals surface area contributed by atoms with E-state index in [0.29, 0.717) is 30.9 Å². The molecule has 1 aromatic rings. The molecule has 1 N–H and O–H groups in total. The lowest BCUT2D eigenvalue weighted by atomic mass is 10.0. The van der Waals surface area contributed by atoms with Crippen LogP contribution >= 0.6 is 12.4 Å². The van der Waals surface area contributed by atoms with Gasteiger partial charge in [-0.05, 0) is 68.8 Å². The summed E-state index contributed by atoms with van der Waals surface area (Å²) >= 11 is 0. The number of Topliss-reactive ketones (excluding diaryl/α,β-unsaturated/α-hetero) is 1. The average Bonchev–Trinajstić information content (AvgIpc) is 3.51. The smallest absolute Gasteiger partial charge is 0.222 e. The molecule has 1 saturated heterocycles. The van der Waals surface area contributed by atoms with E-state index in [0.717, 1.165) is 44.1 Å². The molecule has 6 heteroatoms. The molecular weight excluding hydrogens is 364 g/mol. The van der Waals surface area contributed by atoms with Crippen LogP contribution in [0, 0.1) is 5.92 Å². The number of hydrogen-bond acceptors (Lipinski definition) is 4. The summed E-state index contributed by atoms with van der Waals surface area (Å²) in [4.78, 5) is 26.5. The van der Waals surface area contributed by atoms with Crippen LogP contribution in [0.5, 0.6) is 5.75 Å². The van der Waals surface area contributed by atoms with E-state index in [4.69, 9.17) is 4.74 Å². The number of nitrogens with one attached hydrogen (secondary N) is 1. The molecule has 1 amide bonds. The Balaban J connectivity index is 0.00000261. The third-order valence-electron chi connectivity index (χ3n) is 5.45. The predicted octanol–water partition coefficient (Wildman–Crippen LogP) is 3.46. The highest BCUT2D eigenvalue weighted by molar-refractivity contribution is 5.96. The normalized spacial score (nSPS) is 17.3. The lowest BCUT2D eigenvalue weighted by Gasteiger charge is -2.32. The van der Waals surface area contributed by atoms with Crippen LogP contribution in [0.2, 0.25) is 0 Å². The fourth-order valence-electron chi connectivity index (χ4n) is 3.47. The zero-order valence-corrected chi connectivity index (χ0v) is 16.9. The number of piperidine rings is 1. The second-order valence-electron chi connectivity index (χ2n) is 7.51. The Hall–Kier alpha value is -1.59. The van der Waals surface area contributed by atoms with Crippen molar-refractivity contribution in [2.24, 2.45) is 5.92 Å². The first-order chi connectivity index (χ1) is 12.7. The fraction of sp³-hybridized carbons (Fsp3) is 0.619. The number of amides is 1. The first kappa shape index (κ1) is 21.7. The minimum Gasteiger partial charge on any atom is -0.497 e. The van der Waals surface area contributed by atoms with E-state index in [2.05, 4.69) is 5.32 Å². The van der Waals surface area contributed by atoms with Crippen LogP contribution in [0.1, 0.15) is 55.3 Å². The van der Waals surface area contributed by atoms with E-state index in [1.54, 1.807) is 31.4 Å². The van der Waals surface area contributed by atoms with Gasteiger partial charge in [0.2, 0.25) is 5.91 Å². The molecule has 1 aliphatic heterocycles. The van der Waals surface area contributed by atoms with Gasteiger partial charge in [0.1, 0.15) is 5.75 Å². The zero-order chi connectivity index (χ0) is 18.4. The number of carbonyl (C=O) groups excluding carboxylic acids is 2. The Morgan fingerprint density at radius 1 is 1.07 bits per heavy atom. The van der Waals surface area contributed by atoms with Crippen LogP contribution in [0.15, 0.2) is 24.3 Å². The van der Waals surface area contributed by atoms with Gasteiger partial charge in [0.25, 0.3) is 0 Å². The molecule has 0 spiro atoms. The molecule has 0 radical (unpaired) electrons. The summed E-state index contributed by atoms with van der Waals surface area (Å²) in [5, 5.41) is 3.64. The topological polar surface area (TPSA) is 58.6 Å². The summed E-state index contributed by atoms with van der Waals surface area (Å²) in [6.45, 7) is 2.83. The van der Waals surface area contributed by atoms with Gasteiger partial charge in [-0.3, -0.25) is 9.59 Å². The monoisotopic (exact) mass is 394 g/mol. The Labute approximate surface area is 168 Å². The Kier molecular flexibility index (Phi) is 8.58. The van der Waals surface area contributed by atoms with Gasteiger partial charge in [-0.2, -0.15) is 0 Å². The average molecular weight is 395 g/mol. The molecule has 2 aliphatic rings. The van der Waals surface area contributed by atoms with Gasteiger partial charge >= 0.3 is 0 Å². The predicted molar refractivity (Wildman–Crippen MR) is 109 cm³/mol. The third kappa shape index (κ3) is 6.82. The van der Waals surface area contributed by atoms with E-state index in [1.165, 1.54) is 12.8 Å². The number of carbonyl (C=O) groups is 2. The molecule has 1 saturated carbocycles. The van der Waals surface area contributed by atoms with Crippen LogP contribution in [0.4, 0.5) is 0 Å². The SMILES string of the molecule is COc1ccc(C(=O)CCCC(=O)N2CCC(NCC3CC3)CC2)cc1.Cl. The number of likely N-dealkylation sites (tertiary alicyclic amines) is 1. The van der Waals surface area contributed by atoms with Crippen molar-refractivity contribution in [3.8, 4) is 5.75 Å². The molecule has 2 fully saturated rings. The van der Waals surface area contributed by atoms with Gasteiger partial charge in [0, 0.05) is 37.5 Å². The Morgan fingerprint density at radius 3 is 2.33 bits per heavy atom. The minimum atomic E-state index is 0. The molecule has 5 nitrogen and oxygen atoms in total. The number of benzene rings is 1. The molecule has 1 aliphatic carbocycles. The molecule has 150 valence electrons. The molecular formula is C21H31ClN2O3. The summed E-state index contributed by atoms with van der Waals surface area (Å²) in [5.74, 6) is 1.92. The van der Waals surface area contributed by atoms with E-state index in [1.807, 2.05) is 4.90 Å². The second kappa shape index (κ2) is 10.7. The van der Waals surface area contributed by atoms with Crippen molar-refractivity contribution in [1.29, 1.82) is 0 Å². The van der Waals surface area contributed by atoms with Crippen LogP contribution in [0.25, 0.3) is 0 Å². The molecule has 0 bridgehead atoms. The molecule has 1 heterocycles. The fourth-order valence-corrected chi connectivity index (χ4v) is 3.47. The Bertz CT molecular complexity index is 608. The van der Waals surface area contributed by atoms with Gasteiger partial charge in [0.05, 0.1) is 7.11 Å². The van der Waals surface area contributed by atoms with Crippen molar-refractivity contribution >= 4 is 24.1 Å². The van der Waals surface area contributed by atoms with Crippen molar-refractivity contribution in [3.05, 3.63) is 29.8 Å². The summed E-state index contributed by atoms with van der Waals surface area (Å²) < 4.78 is 5.10. The minimum absolute atomic E-state index is 0. The summed E-state index contributed by atoms with van der Waals surface area (Å²) in [6, 6.07) is 7.71. The van der Waals surface area contributed by atoms with E-state index in [-0.39, 0.29) is 24.1 Å². The molecule has 0 aromatic heterocycles. The highest BCUT2D eigenvalue weighted by atomic mass is 35.5. The van der Waals surface area contributed by atoms with Crippen LogP contribution in [0.3, 0.4) is 0 Å². The summed E-state index contributed by atoms with van der Waals surface area (Å²) in [7, 11) is 1.61. The lowest BCUT2D eigenvalue weighted by molar-refractivity contribution is -0.132. The van der Waals surface area contributed by atoms with Crippen molar-refractivity contribution in [3.63, 3.8) is 0 Å². The quantitative estimate of drug-likeness (QED) is 0.651. The molecule has 1 aromatic carbocycles.